The van der Waals surface area contributed by atoms with E-state index < -0.39 is 0 Å². The molecule has 10 rings (SSSR count). The highest BCUT2D eigenvalue weighted by atomic mass is 16.3. The number of para-hydroxylation sites is 2. The van der Waals surface area contributed by atoms with Crippen molar-refractivity contribution in [1.29, 1.82) is 0 Å². The van der Waals surface area contributed by atoms with Gasteiger partial charge in [-0.1, -0.05) is 170 Å². The van der Waals surface area contributed by atoms with Crippen molar-refractivity contribution in [3.63, 3.8) is 0 Å². The molecule has 9 aromatic carbocycles. The molecule has 0 N–H and O–H groups in total. The first-order valence-corrected chi connectivity index (χ1v) is 18.4. The summed E-state index contributed by atoms with van der Waals surface area (Å²) in [5, 5.41) is 4.55. The lowest BCUT2D eigenvalue weighted by molar-refractivity contribution is 0.672. The van der Waals surface area contributed by atoms with Gasteiger partial charge in [-0.3, -0.25) is 0 Å². The van der Waals surface area contributed by atoms with Crippen LogP contribution in [0.15, 0.2) is 217 Å². The lowest BCUT2D eigenvalue weighted by Gasteiger charge is -2.30. The van der Waals surface area contributed by atoms with Gasteiger partial charge in [0, 0.05) is 33.0 Å². The summed E-state index contributed by atoms with van der Waals surface area (Å²) in [5.41, 5.74) is 14.5. The number of rotatable bonds is 7. The van der Waals surface area contributed by atoms with Crippen LogP contribution in [0.3, 0.4) is 0 Å². The molecule has 254 valence electrons. The van der Waals surface area contributed by atoms with Gasteiger partial charge in [0.05, 0.1) is 11.4 Å². The summed E-state index contributed by atoms with van der Waals surface area (Å²) in [5.74, 6) is 0. The molecule has 0 spiro atoms. The van der Waals surface area contributed by atoms with E-state index in [1.54, 1.807) is 0 Å². The van der Waals surface area contributed by atoms with Gasteiger partial charge in [0.2, 0.25) is 0 Å². The van der Waals surface area contributed by atoms with Crippen molar-refractivity contribution in [2.24, 2.45) is 0 Å². The number of anilines is 3. The first-order valence-electron chi connectivity index (χ1n) is 18.4. The second kappa shape index (κ2) is 13.4. The van der Waals surface area contributed by atoms with E-state index in [1.807, 2.05) is 0 Å². The highest BCUT2D eigenvalue weighted by molar-refractivity contribution is 6.15. The van der Waals surface area contributed by atoms with Crippen molar-refractivity contribution in [1.82, 2.24) is 0 Å². The predicted molar refractivity (Wildman–Crippen MR) is 228 cm³/mol. The Kier molecular flexibility index (Phi) is 7.85. The molecule has 54 heavy (non-hydrogen) atoms. The monoisotopic (exact) mass is 689 g/mol. The van der Waals surface area contributed by atoms with Crippen LogP contribution in [0, 0.1) is 0 Å². The quantitative estimate of drug-likeness (QED) is 0.166. The molecule has 0 bridgehead atoms. The van der Waals surface area contributed by atoms with Gasteiger partial charge in [-0.15, -0.1) is 0 Å². The molecule has 0 saturated carbocycles. The molecule has 0 atom stereocenters. The third-order valence-corrected chi connectivity index (χ3v) is 10.5. The number of hydrogen-bond acceptors (Lipinski definition) is 2. The van der Waals surface area contributed by atoms with Gasteiger partial charge in [0.15, 0.2) is 0 Å². The van der Waals surface area contributed by atoms with E-state index in [0.717, 1.165) is 66.6 Å². The maximum atomic E-state index is 6.51. The van der Waals surface area contributed by atoms with E-state index in [9.17, 15) is 0 Å². The van der Waals surface area contributed by atoms with Crippen LogP contribution in [0.4, 0.5) is 17.1 Å². The Morgan fingerprint density at radius 1 is 0.315 bits per heavy atom. The average Bonchev–Trinajstić information content (AvgIpc) is 3.64. The molecule has 1 heterocycles. The Morgan fingerprint density at radius 2 is 0.815 bits per heavy atom. The summed E-state index contributed by atoms with van der Waals surface area (Å²) in [6.07, 6.45) is 0. The molecular weight excluding hydrogens is 655 g/mol. The molecule has 0 unspecified atom stereocenters. The topological polar surface area (TPSA) is 16.4 Å². The molecule has 0 aliphatic heterocycles. The van der Waals surface area contributed by atoms with Gasteiger partial charge < -0.3 is 9.32 Å². The van der Waals surface area contributed by atoms with Crippen LogP contribution in [-0.2, 0) is 0 Å². The van der Waals surface area contributed by atoms with Gasteiger partial charge >= 0.3 is 0 Å². The zero-order valence-electron chi connectivity index (χ0n) is 29.6. The van der Waals surface area contributed by atoms with Gasteiger partial charge in [-0.2, -0.15) is 0 Å². The highest BCUT2D eigenvalue weighted by Gasteiger charge is 2.21. The maximum Gasteiger partial charge on any atom is 0.143 e. The third kappa shape index (κ3) is 5.62. The number of fused-ring (bicyclic) bond motifs is 5. The Balaban J connectivity index is 1.14. The van der Waals surface area contributed by atoms with Crippen molar-refractivity contribution in [2.75, 3.05) is 4.90 Å². The first kappa shape index (κ1) is 31.6. The molecule has 2 heteroatoms. The molecule has 0 radical (unpaired) electrons. The number of hydrogen-bond donors (Lipinski definition) is 0. The molecule has 0 aliphatic carbocycles. The zero-order valence-corrected chi connectivity index (χ0v) is 29.6. The average molecular weight is 690 g/mol. The van der Waals surface area contributed by atoms with Crippen LogP contribution >= 0.6 is 0 Å². The van der Waals surface area contributed by atoms with Gasteiger partial charge in [0.25, 0.3) is 0 Å². The molecule has 10 aromatic rings. The van der Waals surface area contributed by atoms with Crippen LogP contribution < -0.4 is 4.90 Å². The summed E-state index contributed by atoms with van der Waals surface area (Å²) < 4.78 is 6.51. The fraction of sp³-hybridized carbons (Fsp3) is 0. The minimum atomic E-state index is 0.889. The van der Waals surface area contributed by atoms with Crippen molar-refractivity contribution < 1.29 is 4.42 Å². The maximum absolute atomic E-state index is 6.51. The second-order valence-corrected chi connectivity index (χ2v) is 13.7. The SMILES string of the molecule is c1ccc(-c2ccc(-c3ccccc3N(c3ccc(-c4ccccc4)cc3)c3ccccc3-c3ccc4oc5c6ccccc6ccc5c4c3)cc2)cc1. The number of furan rings is 1. The lowest BCUT2D eigenvalue weighted by atomic mass is 9.96. The van der Waals surface area contributed by atoms with Crippen molar-refractivity contribution >= 4 is 49.8 Å². The summed E-state index contributed by atoms with van der Waals surface area (Å²) in [6.45, 7) is 0. The van der Waals surface area contributed by atoms with Gasteiger partial charge in [-0.05, 0) is 81.2 Å². The summed E-state index contributed by atoms with van der Waals surface area (Å²) in [4.78, 5) is 2.41. The van der Waals surface area contributed by atoms with Crippen molar-refractivity contribution in [3.05, 3.63) is 212 Å². The Labute approximate surface area is 314 Å². The van der Waals surface area contributed by atoms with Crippen molar-refractivity contribution in [3.8, 4) is 44.5 Å². The highest BCUT2D eigenvalue weighted by Crippen LogP contribution is 2.46. The predicted octanol–water partition coefficient (Wildman–Crippen LogP) is 14.9. The molecule has 0 aliphatic rings. The number of benzene rings is 9. The van der Waals surface area contributed by atoms with E-state index in [2.05, 4.69) is 217 Å². The Bertz CT molecular complexity index is 2910. The van der Waals surface area contributed by atoms with Crippen LogP contribution in [0.5, 0.6) is 0 Å². The van der Waals surface area contributed by atoms with Crippen LogP contribution in [0.25, 0.3) is 77.2 Å². The van der Waals surface area contributed by atoms with E-state index in [0.29, 0.717) is 0 Å². The van der Waals surface area contributed by atoms with Crippen LogP contribution in [0.1, 0.15) is 0 Å². The molecule has 2 nitrogen and oxygen atoms in total. The summed E-state index contributed by atoms with van der Waals surface area (Å²) in [7, 11) is 0. The smallest absolute Gasteiger partial charge is 0.143 e. The Morgan fingerprint density at radius 3 is 1.48 bits per heavy atom. The molecular formula is C52H35NO. The van der Waals surface area contributed by atoms with Crippen LogP contribution in [0.2, 0.25) is 0 Å². The van der Waals surface area contributed by atoms with E-state index in [4.69, 9.17) is 4.42 Å². The molecule has 1 aromatic heterocycles. The van der Waals surface area contributed by atoms with E-state index in [-0.39, 0.29) is 0 Å². The van der Waals surface area contributed by atoms with Crippen molar-refractivity contribution in [2.45, 2.75) is 0 Å². The van der Waals surface area contributed by atoms with Gasteiger partial charge in [0.1, 0.15) is 11.2 Å². The minimum Gasteiger partial charge on any atom is -0.455 e. The summed E-state index contributed by atoms with van der Waals surface area (Å²) in [6, 6.07) is 75.9. The lowest BCUT2D eigenvalue weighted by Crippen LogP contribution is -2.12. The van der Waals surface area contributed by atoms with E-state index in [1.165, 1.54) is 27.6 Å². The van der Waals surface area contributed by atoms with Gasteiger partial charge in [-0.25, -0.2) is 0 Å². The fourth-order valence-electron chi connectivity index (χ4n) is 7.81. The van der Waals surface area contributed by atoms with E-state index >= 15 is 0 Å². The normalized spacial score (nSPS) is 11.3. The largest absolute Gasteiger partial charge is 0.455 e. The third-order valence-electron chi connectivity index (χ3n) is 10.5. The minimum absolute atomic E-state index is 0.889. The fourth-order valence-corrected chi connectivity index (χ4v) is 7.81. The Hall–Kier alpha value is -7.16. The standard InChI is InChI=1S/C52H35NO/c1-3-13-36(14-4-1)38-23-25-41(26-24-38)44-18-9-11-21-49(44)53(43-31-27-39(28-32-43)37-15-5-2-6-16-37)50-22-12-10-19-45(50)42-30-34-51-48(35-42)47-33-29-40-17-7-8-20-46(40)52(47)54-51/h1-35H. The summed E-state index contributed by atoms with van der Waals surface area (Å²) >= 11 is 0. The first-order chi connectivity index (χ1) is 26.8. The number of nitrogens with zero attached hydrogens (tertiary/aromatic N) is 1. The molecule has 0 saturated heterocycles. The molecule has 0 amide bonds. The zero-order chi connectivity index (χ0) is 35.8. The van der Waals surface area contributed by atoms with Crippen LogP contribution in [-0.4, -0.2) is 0 Å². The second-order valence-electron chi connectivity index (χ2n) is 13.7. The molecule has 0 fully saturated rings.